The van der Waals surface area contributed by atoms with Gasteiger partial charge in [-0.3, -0.25) is 0 Å². The predicted molar refractivity (Wildman–Crippen MR) is 93.8 cm³/mol. The van der Waals surface area contributed by atoms with Crippen LogP contribution in [-0.4, -0.2) is 24.3 Å². The third kappa shape index (κ3) is 6.40. The van der Waals surface area contributed by atoms with Gasteiger partial charge in [0.25, 0.3) is 0 Å². The van der Waals surface area contributed by atoms with E-state index in [1.807, 2.05) is 39.0 Å². The number of ether oxygens (including phenoxy) is 1. The van der Waals surface area contributed by atoms with Gasteiger partial charge in [-0.1, -0.05) is 17.7 Å². The van der Waals surface area contributed by atoms with Crippen LogP contribution in [0.15, 0.2) is 18.2 Å². The summed E-state index contributed by atoms with van der Waals surface area (Å²) in [6.45, 7) is 9.19. The highest BCUT2D eigenvalue weighted by molar-refractivity contribution is 6.30. The van der Waals surface area contributed by atoms with E-state index in [-0.39, 0.29) is 12.1 Å². The maximum atomic E-state index is 12.0. The van der Waals surface area contributed by atoms with Crippen LogP contribution in [-0.2, 0) is 11.3 Å². The Kier molecular flexibility index (Phi) is 5.93. The molecule has 1 fully saturated rings. The van der Waals surface area contributed by atoms with Gasteiger partial charge in [-0.15, -0.1) is 0 Å². The van der Waals surface area contributed by atoms with Crippen LogP contribution in [0.25, 0.3) is 0 Å². The summed E-state index contributed by atoms with van der Waals surface area (Å²) in [5.41, 5.74) is 1.93. The van der Waals surface area contributed by atoms with Gasteiger partial charge in [0.15, 0.2) is 0 Å². The van der Waals surface area contributed by atoms with E-state index in [4.69, 9.17) is 16.3 Å². The molecule has 2 N–H and O–H groups in total. The monoisotopic (exact) mass is 338 g/mol. The van der Waals surface area contributed by atoms with E-state index in [1.54, 1.807) is 0 Å². The van der Waals surface area contributed by atoms with Crippen molar-refractivity contribution in [2.75, 3.05) is 6.54 Å². The Hall–Kier alpha value is -1.26. The number of benzene rings is 1. The van der Waals surface area contributed by atoms with Crippen molar-refractivity contribution in [1.82, 2.24) is 10.6 Å². The molecule has 1 amide bonds. The third-order valence-electron chi connectivity index (χ3n) is 3.88. The molecule has 0 radical (unpaired) electrons. The molecule has 0 bridgehead atoms. The van der Waals surface area contributed by atoms with Gasteiger partial charge in [0.1, 0.15) is 5.60 Å². The van der Waals surface area contributed by atoms with Crippen molar-refractivity contribution < 1.29 is 9.53 Å². The van der Waals surface area contributed by atoms with Gasteiger partial charge in [-0.2, -0.15) is 0 Å². The Morgan fingerprint density at radius 1 is 1.39 bits per heavy atom. The number of amides is 1. The largest absolute Gasteiger partial charge is 0.444 e. The number of halogens is 1. The molecular formula is C18H27ClN2O2. The lowest BCUT2D eigenvalue weighted by molar-refractivity contribution is 0.0497. The first-order chi connectivity index (χ1) is 10.7. The van der Waals surface area contributed by atoms with Gasteiger partial charge >= 0.3 is 6.09 Å². The molecule has 4 nitrogen and oxygen atoms in total. The first-order valence-corrected chi connectivity index (χ1v) is 8.57. The normalized spacial score (nSPS) is 16.0. The molecule has 1 aromatic carbocycles. The number of aryl methyl sites for hydroxylation is 1. The van der Waals surface area contributed by atoms with Crippen LogP contribution < -0.4 is 10.6 Å². The molecule has 1 aliphatic carbocycles. The third-order valence-corrected chi connectivity index (χ3v) is 4.11. The van der Waals surface area contributed by atoms with E-state index in [9.17, 15) is 4.79 Å². The van der Waals surface area contributed by atoms with Crippen LogP contribution in [0.1, 0.15) is 44.7 Å². The van der Waals surface area contributed by atoms with Crippen molar-refractivity contribution in [3.8, 4) is 0 Å². The Labute approximate surface area is 143 Å². The van der Waals surface area contributed by atoms with Crippen LogP contribution in [0.5, 0.6) is 0 Å². The second-order valence-electron chi connectivity index (χ2n) is 7.29. The maximum Gasteiger partial charge on any atom is 0.407 e. The number of hydrogen-bond acceptors (Lipinski definition) is 3. The van der Waals surface area contributed by atoms with E-state index in [0.717, 1.165) is 18.1 Å². The highest BCUT2D eigenvalue weighted by Gasteiger charge is 2.33. The van der Waals surface area contributed by atoms with Crippen LogP contribution in [0.2, 0.25) is 5.02 Å². The summed E-state index contributed by atoms with van der Waals surface area (Å²) in [6, 6.07) is 6.04. The molecule has 1 saturated carbocycles. The van der Waals surface area contributed by atoms with Crippen molar-refractivity contribution in [3.05, 3.63) is 34.3 Å². The highest BCUT2D eigenvalue weighted by atomic mass is 35.5. The highest BCUT2D eigenvalue weighted by Crippen LogP contribution is 2.32. The van der Waals surface area contributed by atoms with E-state index >= 15 is 0 Å². The number of carbonyl (C=O) groups excluding carboxylic acids is 1. The van der Waals surface area contributed by atoms with Crippen molar-refractivity contribution >= 4 is 17.7 Å². The molecule has 0 aromatic heterocycles. The fraction of sp³-hybridized carbons (Fsp3) is 0.611. The van der Waals surface area contributed by atoms with Crippen molar-refractivity contribution in [1.29, 1.82) is 0 Å². The number of hydrogen-bond donors (Lipinski definition) is 2. The topological polar surface area (TPSA) is 50.4 Å². The Morgan fingerprint density at radius 3 is 2.65 bits per heavy atom. The van der Waals surface area contributed by atoms with E-state index in [0.29, 0.717) is 5.92 Å². The zero-order valence-corrected chi connectivity index (χ0v) is 15.2. The molecule has 5 heteroatoms. The predicted octanol–water partition coefficient (Wildman–Crippen LogP) is 4.04. The van der Waals surface area contributed by atoms with Crippen molar-refractivity contribution in [2.24, 2.45) is 5.92 Å². The van der Waals surface area contributed by atoms with E-state index in [1.165, 1.54) is 24.0 Å². The van der Waals surface area contributed by atoms with Crippen molar-refractivity contribution in [3.63, 3.8) is 0 Å². The molecule has 0 saturated heterocycles. The first-order valence-electron chi connectivity index (χ1n) is 8.20. The van der Waals surface area contributed by atoms with E-state index in [2.05, 4.69) is 17.6 Å². The van der Waals surface area contributed by atoms with Crippen LogP contribution in [0, 0.1) is 12.8 Å². The molecule has 0 spiro atoms. The zero-order valence-electron chi connectivity index (χ0n) is 14.4. The fourth-order valence-corrected chi connectivity index (χ4v) is 2.74. The summed E-state index contributed by atoms with van der Waals surface area (Å²) in [6.07, 6.45) is 2.00. The minimum absolute atomic E-state index is 0.123. The number of rotatable bonds is 6. The molecule has 128 valence electrons. The minimum Gasteiger partial charge on any atom is -0.444 e. The lowest BCUT2D eigenvalue weighted by Gasteiger charge is -2.24. The average molecular weight is 339 g/mol. The number of nitrogens with one attached hydrogen (secondary N) is 2. The average Bonchev–Trinajstić information content (AvgIpc) is 3.22. The summed E-state index contributed by atoms with van der Waals surface area (Å²) in [4.78, 5) is 12.0. The molecule has 1 aromatic rings. The summed E-state index contributed by atoms with van der Waals surface area (Å²) < 4.78 is 5.35. The maximum absolute atomic E-state index is 12.0. The molecule has 1 atom stereocenters. The minimum atomic E-state index is -0.466. The van der Waals surface area contributed by atoms with Crippen molar-refractivity contribution in [2.45, 2.75) is 58.7 Å². The molecule has 1 aliphatic rings. The molecule has 2 rings (SSSR count). The first kappa shape index (κ1) is 18.1. The van der Waals surface area contributed by atoms with Crippen LogP contribution in [0.4, 0.5) is 4.79 Å². The lowest BCUT2D eigenvalue weighted by atomic mass is 10.1. The summed E-state index contributed by atoms with van der Waals surface area (Å²) >= 11 is 5.98. The molecular weight excluding hydrogens is 312 g/mol. The second kappa shape index (κ2) is 7.54. The Balaban J connectivity index is 1.82. The summed E-state index contributed by atoms with van der Waals surface area (Å²) in [7, 11) is 0. The number of carbonyl (C=O) groups is 1. The van der Waals surface area contributed by atoms with Crippen LogP contribution >= 0.6 is 11.6 Å². The fourth-order valence-electron chi connectivity index (χ4n) is 2.51. The molecule has 0 aliphatic heterocycles. The van der Waals surface area contributed by atoms with Gasteiger partial charge < -0.3 is 15.4 Å². The Morgan fingerprint density at radius 2 is 2.09 bits per heavy atom. The number of alkyl carbamates (subject to hydrolysis) is 1. The zero-order chi connectivity index (χ0) is 17.0. The second-order valence-corrected chi connectivity index (χ2v) is 7.73. The quantitative estimate of drug-likeness (QED) is 0.823. The molecule has 0 heterocycles. The van der Waals surface area contributed by atoms with Gasteiger partial charge in [-0.05, 0) is 69.7 Å². The van der Waals surface area contributed by atoms with Gasteiger partial charge in [-0.25, -0.2) is 4.79 Å². The smallest absolute Gasteiger partial charge is 0.407 e. The van der Waals surface area contributed by atoms with Gasteiger partial charge in [0, 0.05) is 24.2 Å². The van der Waals surface area contributed by atoms with Crippen LogP contribution in [0.3, 0.4) is 0 Å². The Bertz CT molecular complexity index is 550. The lowest BCUT2D eigenvalue weighted by Crippen LogP contribution is -2.45. The standard InChI is InChI=1S/C18H27ClN2O2/c1-12-9-15(19)8-7-14(12)10-20-11-16(13-5-6-13)21-17(22)23-18(2,3)4/h7-9,13,16,20H,5-6,10-11H2,1-4H3,(H,21,22). The SMILES string of the molecule is Cc1cc(Cl)ccc1CNCC(NC(=O)OC(C)(C)C)C1CC1. The molecule has 23 heavy (non-hydrogen) atoms. The molecule has 1 unspecified atom stereocenters. The van der Waals surface area contributed by atoms with Gasteiger partial charge in [0.2, 0.25) is 0 Å². The summed E-state index contributed by atoms with van der Waals surface area (Å²) in [5, 5.41) is 7.20. The summed E-state index contributed by atoms with van der Waals surface area (Å²) in [5.74, 6) is 0.557. The van der Waals surface area contributed by atoms with Gasteiger partial charge in [0.05, 0.1) is 0 Å². The van der Waals surface area contributed by atoms with E-state index < -0.39 is 5.60 Å².